The number of hydrogen-bond donors (Lipinski definition) is 1. The van der Waals surface area contributed by atoms with Crippen molar-refractivity contribution < 1.29 is 36.8 Å². The Hall–Kier alpha value is -3.37. The maximum atomic E-state index is 13.6. The Bertz CT molecular complexity index is 886. The van der Waals surface area contributed by atoms with E-state index < -0.39 is 40.7 Å². The molecule has 11 heteroatoms. The maximum absolute atomic E-state index is 13.6. The van der Waals surface area contributed by atoms with Crippen molar-refractivity contribution in [3.05, 3.63) is 63.5 Å². The average Bonchev–Trinajstić information content (AvgIpc) is 2.63. The zero-order chi connectivity index (χ0) is 20.9. The van der Waals surface area contributed by atoms with Crippen molar-refractivity contribution in [3.63, 3.8) is 0 Å². The molecule has 0 saturated carbocycles. The SMILES string of the molecule is COc1ccc(COC(=O)CNc2ccc(C(F)(F)F)cc2[N+](=O)[O-])cc1F. The molecule has 150 valence electrons. The van der Waals surface area contributed by atoms with Gasteiger partial charge in [-0.2, -0.15) is 13.2 Å². The number of nitro benzene ring substituents is 1. The predicted molar refractivity (Wildman–Crippen MR) is 89.3 cm³/mol. The molecule has 1 N–H and O–H groups in total. The molecular weight excluding hydrogens is 388 g/mol. The molecule has 7 nitrogen and oxygen atoms in total. The van der Waals surface area contributed by atoms with Gasteiger partial charge in [-0.1, -0.05) is 6.07 Å². The van der Waals surface area contributed by atoms with Gasteiger partial charge in [0, 0.05) is 6.07 Å². The molecule has 0 aliphatic heterocycles. The van der Waals surface area contributed by atoms with Crippen LogP contribution in [0.5, 0.6) is 5.75 Å². The molecule has 28 heavy (non-hydrogen) atoms. The van der Waals surface area contributed by atoms with Gasteiger partial charge in [0.2, 0.25) is 0 Å². The number of methoxy groups -OCH3 is 1. The number of hydrogen-bond acceptors (Lipinski definition) is 6. The molecule has 0 saturated heterocycles. The fourth-order valence-electron chi connectivity index (χ4n) is 2.19. The van der Waals surface area contributed by atoms with Crippen molar-refractivity contribution in [2.24, 2.45) is 0 Å². The summed E-state index contributed by atoms with van der Waals surface area (Å²) >= 11 is 0. The summed E-state index contributed by atoms with van der Waals surface area (Å²) in [5.74, 6) is -1.47. The molecule has 0 atom stereocenters. The number of rotatable bonds is 7. The van der Waals surface area contributed by atoms with Crippen molar-refractivity contribution in [1.29, 1.82) is 0 Å². The van der Waals surface area contributed by atoms with E-state index in [1.165, 1.54) is 19.2 Å². The minimum Gasteiger partial charge on any atom is -0.494 e. The van der Waals surface area contributed by atoms with Crippen LogP contribution in [0.4, 0.5) is 28.9 Å². The van der Waals surface area contributed by atoms with E-state index in [1.807, 2.05) is 0 Å². The summed E-state index contributed by atoms with van der Waals surface area (Å²) in [5.41, 5.74) is -1.95. The van der Waals surface area contributed by atoms with Crippen LogP contribution in [0.15, 0.2) is 36.4 Å². The van der Waals surface area contributed by atoms with Crippen molar-refractivity contribution in [3.8, 4) is 5.75 Å². The van der Waals surface area contributed by atoms with E-state index in [4.69, 9.17) is 9.47 Å². The fraction of sp³-hybridized carbons (Fsp3) is 0.235. The number of anilines is 1. The zero-order valence-corrected chi connectivity index (χ0v) is 14.4. The third-order valence-electron chi connectivity index (χ3n) is 3.56. The number of alkyl halides is 3. The first kappa shape index (κ1) is 20.9. The first-order valence-corrected chi connectivity index (χ1v) is 7.69. The molecule has 0 amide bonds. The van der Waals surface area contributed by atoms with Gasteiger partial charge in [-0.25, -0.2) is 4.39 Å². The number of benzene rings is 2. The summed E-state index contributed by atoms with van der Waals surface area (Å²) in [7, 11) is 1.30. The van der Waals surface area contributed by atoms with Gasteiger partial charge in [-0.05, 0) is 29.8 Å². The van der Waals surface area contributed by atoms with Gasteiger partial charge in [0.05, 0.1) is 17.6 Å². The Labute approximate surface area is 156 Å². The third kappa shape index (κ3) is 5.32. The lowest BCUT2D eigenvalue weighted by molar-refractivity contribution is -0.384. The highest BCUT2D eigenvalue weighted by Crippen LogP contribution is 2.34. The number of halogens is 4. The Kier molecular flexibility index (Phi) is 6.39. The molecule has 0 fully saturated rings. The number of nitrogens with one attached hydrogen (secondary N) is 1. The molecule has 0 heterocycles. The van der Waals surface area contributed by atoms with Crippen molar-refractivity contribution >= 4 is 17.3 Å². The summed E-state index contributed by atoms with van der Waals surface area (Å²) in [6.07, 6.45) is -4.74. The molecular formula is C17H14F4N2O5. The predicted octanol–water partition coefficient (Wildman–Crippen LogP) is 3.92. The van der Waals surface area contributed by atoms with E-state index in [9.17, 15) is 32.5 Å². The van der Waals surface area contributed by atoms with Crippen LogP contribution in [0.1, 0.15) is 11.1 Å². The van der Waals surface area contributed by atoms with Crippen molar-refractivity contribution in [2.45, 2.75) is 12.8 Å². The normalized spacial score (nSPS) is 11.0. The number of carbonyl (C=O) groups excluding carboxylic acids is 1. The Morgan fingerprint density at radius 2 is 1.93 bits per heavy atom. The zero-order valence-electron chi connectivity index (χ0n) is 14.4. The molecule has 2 aromatic carbocycles. The van der Waals surface area contributed by atoms with Crippen LogP contribution in [0.3, 0.4) is 0 Å². The van der Waals surface area contributed by atoms with Gasteiger partial charge in [-0.3, -0.25) is 14.9 Å². The molecule has 0 bridgehead atoms. The molecule has 0 aliphatic rings. The van der Waals surface area contributed by atoms with E-state index in [-0.39, 0.29) is 18.0 Å². The van der Waals surface area contributed by atoms with Gasteiger partial charge in [0.25, 0.3) is 5.69 Å². The maximum Gasteiger partial charge on any atom is 0.416 e. The van der Waals surface area contributed by atoms with Crippen LogP contribution in [-0.2, 0) is 22.3 Å². The fourth-order valence-corrected chi connectivity index (χ4v) is 2.19. The lowest BCUT2D eigenvalue weighted by Crippen LogP contribution is -2.17. The summed E-state index contributed by atoms with van der Waals surface area (Å²) in [6.45, 7) is -0.804. The van der Waals surface area contributed by atoms with Gasteiger partial charge >= 0.3 is 12.1 Å². The summed E-state index contributed by atoms with van der Waals surface area (Å²) in [4.78, 5) is 21.7. The topological polar surface area (TPSA) is 90.7 Å². The monoisotopic (exact) mass is 402 g/mol. The molecule has 2 aromatic rings. The molecule has 0 radical (unpaired) electrons. The molecule has 0 aliphatic carbocycles. The standard InChI is InChI=1S/C17H14F4N2O5/c1-27-15-5-2-10(6-12(15)18)9-28-16(24)8-22-13-4-3-11(17(19,20)21)7-14(13)23(25)26/h2-7,22H,8-9H2,1H3. The van der Waals surface area contributed by atoms with Crippen molar-refractivity contribution in [2.75, 3.05) is 19.0 Å². The number of carbonyl (C=O) groups is 1. The minimum atomic E-state index is -4.74. The van der Waals surface area contributed by atoms with Crippen molar-refractivity contribution in [1.82, 2.24) is 0 Å². The van der Waals surface area contributed by atoms with Crippen LogP contribution in [0.25, 0.3) is 0 Å². The van der Waals surface area contributed by atoms with Gasteiger partial charge in [0.1, 0.15) is 18.8 Å². The third-order valence-corrected chi connectivity index (χ3v) is 3.56. The average molecular weight is 402 g/mol. The summed E-state index contributed by atoms with van der Waals surface area (Å²) in [5, 5.41) is 13.3. The highest BCUT2D eigenvalue weighted by Gasteiger charge is 2.33. The first-order valence-electron chi connectivity index (χ1n) is 7.69. The van der Waals surface area contributed by atoms with Gasteiger partial charge in [-0.15, -0.1) is 0 Å². The minimum absolute atomic E-state index is 0.0198. The van der Waals surface area contributed by atoms with Gasteiger partial charge < -0.3 is 14.8 Å². The number of esters is 1. The Balaban J connectivity index is 1.98. The largest absolute Gasteiger partial charge is 0.494 e. The van der Waals surface area contributed by atoms with Crippen LogP contribution in [0, 0.1) is 15.9 Å². The first-order chi connectivity index (χ1) is 13.1. The molecule has 0 unspecified atom stereocenters. The van der Waals surface area contributed by atoms with Crippen LogP contribution >= 0.6 is 0 Å². The quantitative estimate of drug-likeness (QED) is 0.327. The van der Waals surface area contributed by atoms with Crippen LogP contribution in [-0.4, -0.2) is 24.5 Å². The van der Waals surface area contributed by atoms with E-state index in [0.29, 0.717) is 17.7 Å². The molecule has 2 rings (SSSR count). The lowest BCUT2D eigenvalue weighted by atomic mass is 10.1. The van der Waals surface area contributed by atoms with E-state index in [0.717, 1.165) is 12.1 Å². The van der Waals surface area contributed by atoms with Crippen LogP contribution in [0.2, 0.25) is 0 Å². The second-order valence-corrected chi connectivity index (χ2v) is 5.47. The number of nitrogens with zero attached hydrogens (tertiary/aromatic N) is 1. The Morgan fingerprint density at radius 3 is 2.50 bits per heavy atom. The molecule has 0 aromatic heterocycles. The van der Waals surface area contributed by atoms with E-state index in [2.05, 4.69) is 5.32 Å². The highest BCUT2D eigenvalue weighted by molar-refractivity contribution is 5.76. The molecule has 0 spiro atoms. The van der Waals surface area contributed by atoms with E-state index in [1.54, 1.807) is 0 Å². The second-order valence-electron chi connectivity index (χ2n) is 5.47. The second kappa shape index (κ2) is 8.55. The lowest BCUT2D eigenvalue weighted by Gasteiger charge is -2.11. The van der Waals surface area contributed by atoms with Gasteiger partial charge in [0.15, 0.2) is 11.6 Å². The van der Waals surface area contributed by atoms with Crippen LogP contribution < -0.4 is 10.1 Å². The summed E-state index contributed by atoms with van der Waals surface area (Å²) < 4.78 is 61.2. The Morgan fingerprint density at radius 1 is 1.21 bits per heavy atom. The summed E-state index contributed by atoms with van der Waals surface area (Å²) in [6, 6.07) is 5.81. The highest BCUT2D eigenvalue weighted by atomic mass is 19.4. The number of nitro groups is 1. The number of ether oxygens (including phenoxy) is 2. The smallest absolute Gasteiger partial charge is 0.416 e. The van der Waals surface area contributed by atoms with E-state index >= 15 is 0 Å².